The van der Waals surface area contributed by atoms with Crippen LogP contribution < -0.4 is 0 Å². The molecule has 0 aliphatic carbocycles. The molecule has 0 N–H and O–H groups in total. The molecule has 0 aromatic heterocycles. The highest BCUT2D eigenvalue weighted by molar-refractivity contribution is 6.18. The van der Waals surface area contributed by atoms with E-state index in [9.17, 15) is 13.2 Å². The maximum atomic E-state index is 12.5. The van der Waals surface area contributed by atoms with Crippen LogP contribution in [0, 0.1) is 5.92 Å². The summed E-state index contributed by atoms with van der Waals surface area (Å²) in [6.45, 7) is 0.638. The van der Waals surface area contributed by atoms with E-state index in [1.807, 2.05) is 0 Å². The molecule has 0 bridgehead atoms. The minimum Gasteiger partial charge on any atom is -0.373 e. The molecule has 0 amide bonds. The van der Waals surface area contributed by atoms with Crippen LogP contribution in [-0.2, 0) is 10.9 Å². The second kappa shape index (κ2) is 5.49. The van der Waals surface area contributed by atoms with Crippen LogP contribution in [-0.4, -0.2) is 12.5 Å². The van der Waals surface area contributed by atoms with Gasteiger partial charge in [0, 0.05) is 18.4 Å². The van der Waals surface area contributed by atoms with Crippen molar-refractivity contribution in [2.75, 3.05) is 12.5 Å². The molecular formula is C13H14ClF3O. The smallest absolute Gasteiger partial charge is 0.373 e. The summed E-state index contributed by atoms with van der Waals surface area (Å²) in [5, 5.41) is 0. The molecule has 5 heteroatoms. The monoisotopic (exact) mass is 278 g/mol. The Kier molecular flexibility index (Phi) is 4.17. The summed E-state index contributed by atoms with van der Waals surface area (Å²) in [7, 11) is 0. The first-order valence-corrected chi connectivity index (χ1v) is 6.40. The average Bonchev–Trinajstić information content (AvgIpc) is 2.38. The fraction of sp³-hybridized carbons (Fsp3) is 0.538. The molecule has 1 aliphatic rings. The third-order valence-corrected chi connectivity index (χ3v) is 3.61. The molecule has 0 saturated carbocycles. The third kappa shape index (κ3) is 2.98. The summed E-state index contributed by atoms with van der Waals surface area (Å²) >= 11 is 5.87. The zero-order valence-corrected chi connectivity index (χ0v) is 10.5. The fourth-order valence-electron chi connectivity index (χ4n) is 2.23. The zero-order chi connectivity index (χ0) is 13.2. The molecule has 0 unspecified atom stereocenters. The highest BCUT2D eigenvalue weighted by Gasteiger charge is 2.31. The lowest BCUT2D eigenvalue weighted by molar-refractivity contribution is -0.137. The van der Waals surface area contributed by atoms with Crippen molar-refractivity contribution in [3.05, 3.63) is 35.4 Å². The maximum Gasteiger partial charge on any atom is 0.416 e. The topological polar surface area (TPSA) is 9.23 Å². The van der Waals surface area contributed by atoms with Crippen molar-refractivity contribution in [1.82, 2.24) is 0 Å². The van der Waals surface area contributed by atoms with Gasteiger partial charge < -0.3 is 4.74 Å². The molecule has 1 aromatic rings. The Bertz CT molecular complexity index is 388. The van der Waals surface area contributed by atoms with Gasteiger partial charge in [0.1, 0.15) is 0 Å². The Balaban J connectivity index is 2.18. The minimum absolute atomic E-state index is 0.178. The predicted octanol–water partition coefficient (Wildman–Crippen LogP) is 4.41. The van der Waals surface area contributed by atoms with E-state index in [1.165, 1.54) is 12.1 Å². The van der Waals surface area contributed by atoms with Gasteiger partial charge in [0.15, 0.2) is 0 Å². The number of alkyl halides is 4. The molecule has 0 spiro atoms. The van der Waals surface area contributed by atoms with Crippen LogP contribution in [0.2, 0.25) is 0 Å². The van der Waals surface area contributed by atoms with Crippen LogP contribution in [0.25, 0.3) is 0 Å². The van der Waals surface area contributed by atoms with Gasteiger partial charge in [0.2, 0.25) is 0 Å². The number of hydrogen-bond acceptors (Lipinski definition) is 1. The largest absolute Gasteiger partial charge is 0.416 e. The van der Waals surface area contributed by atoms with Gasteiger partial charge in [-0.15, -0.1) is 11.6 Å². The van der Waals surface area contributed by atoms with E-state index in [0.29, 0.717) is 12.5 Å². The number of benzene rings is 1. The summed E-state index contributed by atoms with van der Waals surface area (Å²) in [4.78, 5) is 0. The minimum atomic E-state index is -4.29. The molecule has 100 valence electrons. The van der Waals surface area contributed by atoms with Gasteiger partial charge in [0.25, 0.3) is 0 Å². The van der Waals surface area contributed by atoms with E-state index < -0.39 is 11.7 Å². The summed E-state index contributed by atoms with van der Waals surface area (Å²) in [6.07, 6.45) is -2.57. The van der Waals surface area contributed by atoms with Crippen molar-refractivity contribution in [3.8, 4) is 0 Å². The third-order valence-electron chi connectivity index (χ3n) is 3.21. The van der Waals surface area contributed by atoms with Crippen LogP contribution in [0.5, 0.6) is 0 Å². The molecule has 2 atom stereocenters. The van der Waals surface area contributed by atoms with Crippen LogP contribution >= 0.6 is 11.6 Å². The van der Waals surface area contributed by atoms with Crippen molar-refractivity contribution in [2.45, 2.75) is 25.1 Å². The van der Waals surface area contributed by atoms with E-state index in [1.54, 1.807) is 0 Å². The number of ether oxygens (including phenoxy) is 1. The standard InChI is InChI=1S/C13H14ClF3O/c14-8-10-2-1-7-18-12(10)9-3-5-11(6-4-9)13(15,16)17/h3-6,10,12H,1-2,7-8H2/t10-,12-/m1/s1. The molecular weight excluding hydrogens is 265 g/mol. The Morgan fingerprint density at radius 1 is 1.22 bits per heavy atom. The molecule has 1 aromatic carbocycles. The lowest BCUT2D eigenvalue weighted by Gasteiger charge is -2.30. The SMILES string of the molecule is FC(F)(F)c1ccc([C@H]2OCCC[C@@H]2CCl)cc1. The Labute approximate surface area is 109 Å². The van der Waals surface area contributed by atoms with Gasteiger partial charge in [-0.25, -0.2) is 0 Å². The van der Waals surface area contributed by atoms with Crippen LogP contribution in [0.3, 0.4) is 0 Å². The molecule has 2 rings (SSSR count). The first kappa shape index (κ1) is 13.7. The van der Waals surface area contributed by atoms with Gasteiger partial charge in [-0.1, -0.05) is 12.1 Å². The van der Waals surface area contributed by atoms with Gasteiger partial charge in [-0.3, -0.25) is 0 Å². The van der Waals surface area contributed by atoms with Crippen LogP contribution in [0.15, 0.2) is 24.3 Å². The maximum absolute atomic E-state index is 12.5. The van der Waals surface area contributed by atoms with E-state index in [4.69, 9.17) is 16.3 Å². The van der Waals surface area contributed by atoms with E-state index >= 15 is 0 Å². The Hall–Kier alpha value is -0.740. The molecule has 1 heterocycles. The summed E-state index contributed by atoms with van der Waals surface area (Å²) in [5.41, 5.74) is 0.137. The Morgan fingerprint density at radius 2 is 1.89 bits per heavy atom. The average molecular weight is 279 g/mol. The Morgan fingerprint density at radius 3 is 2.44 bits per heavy atom. The van der Waals surface area contributed by atoms with Gasteiger partial charge in [-0.05, 0) is 30.5 Å². The fourth-order valence-corrected chi connectivity index (χ4v) is 2.55. The molecule has 0 radical (unpaired) electrons. The highest BCUT2D eigenvalue weighted by Crippen LogP contribution is 2.36. The quantitative estimate of drug-likeness (QED) is 0.728. The van der Waals surface area contributed by atoms with Gasteiger partial charge in [0.05, 0.1) is 11.7 Å². The second-order valence-corrected chi connectivity index (χ2v) is 4.78. The summed E-state index contributed by atoms with van der Waals surface area (Å²) in [6, 6.07) is 5.16. The molecule has 1 nitrogen and oxygen atoms in total. The van der Waals surface area contributed by atoms with E-state index in [-0.39, 0.29) is 12.0 Å². The number of hydrogen-bond donors (Lipinski definition) is 0. The van der Waals surface area contributed by atoms with Crippen molar-refractivity contribution in [3.63, 3.8) is 0 Å². The zero-order valence-electron chi connectivity index (χ0n) is 9.71. The van der Waals surface area contributed by atoms with Crippen molar-refractivity contribution in [1.29, 1.82) is 0 Å². The van der Waals surface area contributed by atoms with Gasteiger partial charge >= 0.3 is 6.18 Å². The van der Waals surface area contributed by atoms with Gasteiger partial charge in [-0.2, -0.15) is 13.2 Å². The van der Waals surface area contributed by atoms with Crippen LogP contribution in [0.4, 0.5) is 13.2 Å². The van der Waals surface area contributed by atoms with Crippen molar-refractivity contribution < 1.29 is 17.9 Å². The summed E-state index contributed by atoms with van der Waals surface area (Å²) < 4.78 is 43.0. The van der Waals surface area contributed by atoms with E-state index in [2.05, 4.69) is 0 Å². The molecule has 18 heavy (non-hydrogen) atoms. The van der Waals surface area contributed by atoms with Crippen molar-refractivity contribution in [2.24, 2.45) is 5.92 Å². The lowest BCUT2D eigenvalue weighted by atomic mass is 9.90. The molecule has 1 aliphatic heterocycles. The summed E-state index contributed by atoms with van der Waals surface area (Å²) in [5.74, 6) is 0.642. The number of halogens is 4. The molecule has 1 fully saturated rings. The van der Waals surface area contributed by atoms with Crippen molar-refractivity contribution >= 4 is 11.6 Å². The normalized spacial score (nSPS) is 25.1. The molecule has 1 saturated heterocycles. The first-order valence-electron chi connectivity index (χ1n) is 5.87. The first-order chi connectivity index (χ1) is 8.52. The van der Waals surface area contributed by atoms with E-state index in [0.717, 1.165) is 30.5 Å². The van der Waals surface area contributed by atoms with Crippen LogP contribution in [0.1, 0.15) is 30.1 Å². The predicted molar refractivity (Wildman–Crippen MR) is 63.6 cm³/mol. The second-order valence-electron chi connectivity index (χ2n) is 4.47. The highest BCUT2D eigenvalue weighted by atomic mass is 35.5. The number of rotatable bonds is 2. The lowest BCUT2D eigenvalue weighted by Crippen LogP contribution is -2.23.